The summed E-state index contributed by atoms with van der Waals surface area (Å²) in [5.74, 6) is 1.26. The molecule has 1 amide bonds. The third-order valence-electron chi connectivity index (χ3n) is 2.85. The maximum atomic E-state index is 11.7. The van der Waals surface area contributed by atoms with Gasteiger partial charge in [-0.3, -0.25) is 4.79 Å². The SMILES string of the molecule is CSCCCCCCNCC(=O)Nc1cccc(Br)c1. The molecule has 0 aromatic heterocycles. The van der Waals surface area contributed by atoms with Gasteiger partial charge < -0.3 is 10.6 Å². The molecule has 0 radical (unpaired) electrons. The summed E-state index contributed by atoms with van der Waals surface area (Å²) in [6, 6.07) is 7.62. The molecule has 0 heterocycles. The molecule has 0 bridgehead atoms. The molecule has 0 unspecified atom stereocenters. The molecule has 0 aliphatic carbocycles. The Hall–Kier alpha value is -0.520. The smallest absolute Gasteiger partial charge is 0.238 e. The highest BCUT2D eigenvalue weighted by molar-refractivity contribution is 9.10. The average Bonchev–Trinajstić information content (AvgIpc) is 2.42. The van der Waals surface area contributed by atoms with Crippen molar-refractivity contribution in [2.45, 2.75) is 25.7 Å². The monoisotopic (exact) mass is 358 g/mol. The predicted octanol–water partition coefficient (Wildman–Crippen LogP) is 3.90. The lowest BCUT2D eigenvalue weighted by atomic mass is 10.2. The van der Waals surface area contributed by atoms with Crippen LogP contribution in [0.15, 0.2) is 28.7 Å². The Labute approximate surface area is 134 Å². The van der Waals surface area contributed by atoms with E-state index in [0.29, 0.717) is 6.54 Å². The normalized spacial score (nSPS) is 10.5. The fourth-order valence-electron chi connectivity index (χ4n) is 1.82. The minimum Gasteiger partial charge on any atom is -0.325 e. The van der Waals surface area contributed by atoms with Crippen LogP contribution >= 0.6 is 27.7 Å². The van der Waals surface area contributed by atoms with Crippen molar-refractivity contribution < 1.29 is 4.79 Å². The molecule has 2 N–H and O–H groups in total. The number of hydrogen-bond acceptors (Lipinski definition) is 3. The first-order chi connectivity index (χ1) is 9.72. The van der Waals surface area contributed by atoms with Crippen LogP contribution in [0.4, 0.5) is 5.69 Å². The highest BCUT2D eigenvalue weighted by Crippen LogP contribution is 2.15. The van der Waals surface area contributed by atoms with E-state index >= 15 is 0 Å². The van der Waals surface area contributed by atoms with Gasteiger partial charge in [-0.05, 0) is 49.6 Å². The lowest BCUT2D eigenvalue weighted by Gasteiger charge is -2.07. The Kier molecular flexibility index (Phi) is 9.79. The third-order valence-corrected chi connectivity index (χ3v) is 4.04. The van der Waals surface area contributed by atoms with Crippen LogP contribution in [0.1, 0.15) is 25.7 Å². The average molecular weight is 359 g/mol. The summed E-state index contributed by atoms with van der Waals surface area (Å²) < 4.78 is 0.966. The molecular weight excluding hydrogens is 336 g/mol. The quantitative estimate of drug-likeness (QED) is 0.623. The Morgan fingerprint density at radius 3 is 2.80 bits per heavy atom. The molecule has 0 saturated carbocycles. The van der Waals surface area contributed by atoms with E-state index in [1.54, 1.807) is 0 Å². The van der Waals surface area contributed by atoms with Gasteiger partial charge in [-0.2, -0.15) is 11.8 Å². The zero-order valence-electron chi connectivity index (χ0n) is 12.0. The Balaban J connectivity index is 2.03. The van der Waals surface area contributed by atoms with Gasteiger partial charge in [0.1, 0.15) is 0 Å². The minimum absolute atomic E-state index is 0.00508. The van der Waals surface area contributed by atoms with E-state index in [4.69, 9.17) is 0 Å². The zero-order valence-corrected chi connectivity index (χ0v) is 14.4. The largest absolute Gasteiger partial charge is 0.325 e. The summed E-state index contributed by atoms with van der Waals surface area (Å²) in [4.78, 5) is 11.7. The maximum absolute atomic E-state index is 11.7. The number of halogens is 1. The van der Waals surface area contributed by atoms with Crippen molar-refractivity contribution in [1.82, 2.24) is 5.32 Å². The number of carbonyl (C=O) groups is 1. The third kappa shape index (κ3) is 8.61. The van der Waals surface area contributed by atoms with Crippen LogP contribution in [0.25, 0.3) is 0 Å². The highest BCUT2D eigenvalue weighted by Gasteiger charge is 2.01. The van der Waals surface area contributed by atoms with Crippen molar-refractivity contribution in [3.63, 3.8) is 0 Å². The van der Waals surface area contributed by atoms with Crippen LogP contribution in [0.5, 0.6) is 0 Å². The number of benzene rings is 1. The van der Waals surface area contributed by atoms with E-state index < -0.39 is 0 Å². The van der Waals surface area contributed by atoms with Crippen LogP contribution < -0.4 is 10.6 Å². The second-order valence-corrected chi connectivity index (χ2v) is 6.54. The van der Waals surface area contributed by atoms with Gasteiger partial charge in [-0.1, -0.05) is 34.8 Å². The van der Waals surface area contributed by atoms with Crippen molar-refractivity contribution >= 4 is 39.3 Å². The summed E-state index contributed by atoms with van der Waals surface area (Å²) >= 11 is 5.29. The zero-order chi connectivity index (χ0) is 14.6. The Morgan fingerprint density at radius 2 is 2.05 bits per heavy atom. The van der Waals surface area contributed by atoms with Gasteiger partial charge in [-0.25, -0.2) is 0 Å². The standard InChI is InChI=1S/C15H23BrN2OS/c1-20-10-5-3-2-4-9-17-12-15(19)18-14-8-6-7-13(16)11-14/h6-8,11,17H,2-5,9-10,12H2,1H3,(H,18,19). The number of carbonyl (C=O) groups excluding carboxylic acids is 1. The van der Waals surface area contributed by atoms with Crippen LogP contribution in [0.3, 0.4) is 0 Å². The Bertz CT molecular complexity index is 401. The van der Waals surface area contributed by atoms with E-state index in [-0.39, 0.29) is 5.91 Å². The van der Waals surface area contributed by atoms with Crippen LogP contribution in [0, 0.1) is 0 Å². The Morgan fingerprint density at radius 1 is 1.25 bits per heavy atom. The topological polar surface area (TPSA) is 41.1 Å². The predicted molar refractivity (Wildman–Crippen MR) is 92.5 cm³/mol. The number of amides is 1. The molecular formula is C15H23BrN2OS. The first kappa shape index (κ1) is 17.5. The van der Waals surface area contributed by atoms with Crippen molar-refractivity contribution in [1.29, 1.82) is 0 Å². The summed E-state index contributed by atoms with van der Waals surface area (Å²) in [5.41, 5.74) is 0.822. The lowest BCUT2D eigenvalue weighted by Crippen LogP contribution is -2.28. The summed E-state index contributed by atoms with van der Waals surface area (Å²) in [6.07, 6.45) is 7.10. The van der Waals surface area contributed by atoms with E-state index in [1.165, 1.54) is 25.0 Å². The van der Waals surface area contributed by atoms with Gasteiger partial charge in [0.15, 0.2) is 0 Å². The summed E-state index contributed by atoms with van der Waals surface area (Å²) in [6.45, 7) is 1.28. The molecule has 112 valence electrons. The van der Waals surface area contributed by atoms with E-state index in [9.17, 15) is 4.79 Å². The van der Waals surface area contributed by atoms with Crippen molar-refractivity contribution in [2.75, 3.05) is 30.4 Å². The molecule has 0 saturated heterocycles. The van der Waals surface area contributed by atoms with Crippen molar-refractivity contribution in [3.05, 3.63) is 28.7 Å². The summed E-state index contributed by atoms with van der Waals surface area (Å²) in [7, 11) is 0. The van der Waals surface area contributed by atoms with Crippen LogP contribution in [-0.4, -0.2) is 31.0 Å². The fraction of sp³-hybridized carbons (Fsp3) is 0.533. The van der Waals surface area contributed by atoms with Crippen LogP contribution in [0.2, 0.25) is 0 Å². The minimum atomic E-state index is 0.00508. The second kappa shape index (κ2) is 11.2. The molecule has 0 aliphatic heterocycles. The molecule has 3 nitrogen and oxygen atoms in total. The van der Waals surface area contributed by atoms with Gasteiger partial charge in [0, 0.05) is 10.2 Å². The second-order valence-electron chi connectivity index (χ2n) is 4.64. The fourth-order valence-corrected chi connectivity index (χ4v) is 2.72. The van der Waals surface area contributed by atoms with Gasteiger partial charge >= 0.3 is 0 Å². The molecule has 5 heteroatoms. The number of thioether (sulfide) groups is 1. The van der Waals surface area contributed by atoms with E-state index in [0.717, 1.165) is 23.1 Å². The van der Waals surface area contributed by atoms with Gasteiger partial charge in [0.2, 0.25) is 5.91 Å². The van der Waals surface area contributed by atoms with E-state index in [1.807, 2.05) is 36.0 Å². The van der Waals surface area contributed by atoms with Crippen molar-refractivity contribution in [2.24, 2.45) is 0 Å². The summed E-state index contributed by atoms with van der Waals surface area (Å²) in [5, 5.41) is 6.05. The number of unbranched alkanes of at least 4 members (excludes halogenated alkanes) is 3. The van der Waals surface area contributed by atoms with Crippen LogP contribution in [-0.2, 0) is 4.79 Å². The number of hydrogen-bond donors (Lipinski definition) is 2. The van der Waals surface area contributed by atoms with Crippen molar-refractivity contribution in [3.8, 4) is 0 Å². The molecule has 0 atom stereocenters. The molecule has 1 aromatic rings. The number of anilines is 1. The lowest BCUT2D eigenvalue weighted by molar-refractivity contribution is -0.115. The van der Waals surface area contributed by atoms with Gasteiger partial charge in [-0.15, -0.1) is 0 Å². The maximum Gasteiger partial charge on any atom is 0.238 e. The molecule has 20 heavy (non-hydrogen) atoms. The van der Waals surface area contributed by atoms with Gasteiger partial charge in [0.25, 0.3) is 0 Å². The highest BCUT2D eigenvalue weighted by atomic mass is 79.9. The molecule has 0 aliphatic rings. The molecule has 0 fully saturated rings. The first-order valence-electron chi connectivity index (χ1n) is 6.97. The van der Waals surface area contributed by atoms with E-state index in [2.05, 4.69) is 32.8 Å². The first-order valence-corrected chi connectivity index (χ1v) is 9.16. The molecule has 1 aromatic carbocycles. The van der Waals surface area contributed by atoms with Gasteiger partial charge in [0.05, 0.1) is 6.54 Å². The number of rotatable bonds is 10. The number of nitrogens with one attached hydrogen (secondary N) is 2. The molecule has 0 spiro atoms. The molecule has 1 rings (SSSR count).